The van der Waals surface area contributed by atoms with E-state index in [0.29, 0.717) is 12.3 Å². The molecule has 0 aliphatic rings. The lowest BCUT2D eigenvalue weighted by Crippen LogP contribution is -2.05. The van der Waals surface area contributed by atoms with Gasteiger partial charge in [0.2, 0.25) is 0 Å². The van der Waals surface area contributed by atoms with E-state index in [1.165, 1.54) is 42.4 Å². The van der Waals surface area contributed by atoms with Crippen molar-refractivity contribution >= 4 is 0 Å². The highest BCUT2D eigenvalue weighted by molar-refractivity contribution is 5.30. The number of benzene rings is 1. The maximum atomic E-state index is 8.93. The molecule has 1 aromatic rings. The summed E-state index contributed by atoms with van der Waals surface area (Å²) >= 11 is 0. The molecule has 0 spiro atoms. The van der Waals surface area contributed by atoms with Gasteiger partial charge in [-0.05, 0) is 43.7 Å². The van der Waals surface area contributed by atoms with Crippen molar-refractivity contribution in [1.29, 1.82) is 5.26 Å². The Morgan fingerprint density at radius 1 is 1.22 bits per heavy atom. The zero-order valence-electron chi connectivity index (χ0n) is 12.0. The summed E-state index contributed by atoms with van der Waals surface area (Å²) in [5.41, 5.74) is 4.10. The third kappa shape index (κ3) is 4.92. The van der Waals surface area contributed by atoms with Gasteiger partial charge in [0, 0.05) is 6.42 Å². The van der Waals surface area contributed by atoms with Crippen LogP contribution >= 0.6 is 0 Å². The summed E-state index contributed by atoms with van der Waals surface area (Å²) in [6, 6.07) is 9.00. The lowest BCUT2D eigenvalue weighted by atomic mass is 9.89. The molecule has 1 nitrogen and oxygen atoms in total. The molecule has 1 unspecified atom stereocenters. The van der Waals surface area contributed by atoms with Crippen molar-refractivity contribution in [2.24, 2.45) is 5.92 Å². The van der Waals surface area contributed by atoms with E-state index in [2.05, 4.69) is 45.0 Å². The van der Waals surface area contributed by atoms with Crippen LogP contribution in [0.5, 0.6) is 0 Å². The van der Waals surface area contributed by atoms with Crippen LogP contribution in [0.1, 0.15) is 55.7 Å². The largest absolute Gasteiger partial charge is 0.198 e. The second-order valence-corrected chi connectivity index (χ2v) is 5.36. The monoisotopic (exact) mass is 243 g/mol. The fourth-order valence-electron chi connectivity index (χ4n) is 2.47. The maximum absolute atomic E-state index is 8.93. The lowest BCUT2D eigenvalue weighted by Gasteiger charge is -2.15. The highest BCUT2D eigenvalue weighted by Crippen LogP contribution is 2.21. The summed E-state index contributed by atoms with van der Waals surface area (Å²) in [6.07, 6.45) is 6.74. The number of hydrogen-bond acceptors (Lipinski definition) is 1. The molecule has 0 radical (unpaired) electrons. The summed E-state index contributed by atoms with van der Waals surface area (Å²) in [6.45, 7) is 6.53. The van der Waals surface area contributed by atoms with E-state index >= 15 is 0 Å². The Hall–Kier alpha value is -1.29. The third-order valence-corrected chi connectivity index (χ3v) is 3.60. The molecule has 18 heavy (non-hydrogen) atoms. The van der Waals surface area contributed by atoms with Crippen LogP contribution in [0.3, 0.4) is 0 Å². The van der Waals surface area contributed by atoms with Crippen LogP contribution in [-0.4, -0.2) is 0 Å². The van der Waals surface area contributed by atoms with Crippen LogP contribution in [0.4, 0.5) is 0 Å². The van der Waals surface area contributed by atoms with E-state index < -0.39 is 0 Å². The van der Waals surface area contributed by atoms with E-state index in [0.717, 1.165) is 6.42 Å². The molecular formula is C17H25N. The van der Waals surface area contributed by atoms with E-state index in [-0.39, 0.29) is 0 Å². The van der Waals surface area contributed by atoms with E-state index in [1.807, 2.05) is 0 Å². The summed E-state index contributed by atoms with van der Waals surface area (Å²) in [4.78, 5) is 0. The van der Waals surface area contributed by atoms with Crippen molar-refractivity contribution in [3.05, 3.63) is 34.9 Å². The van der Waals surface area contributed by atoms with Crippen molar-refractivity contribution in [3.63, 3.8) is 0 Å². The standard InChI is InChI=1S/C17H25N/c1-4-5-6-7-16(10-11-18)13-17-9-8-14(2)12-15(17)3/h8-9,12,16H,4-7,10,13H2,1-3H3. The first-order chi connectivity index (χ1) is 8.67. The summed E-state index contributed by atoms with van der Waals surface area (Å²) in [7, 11) is 0. The van der Waals surface area contributed by atoms with Gasteiger partial charge >= 0.3 is 0 Å². The minimum atomic E-state index is 0.531. The molecule has 0 fully saturated rings. The minimum absolute atomic E-state index is 0.531. The smallest absolute Gasteiger partial charge is 0.0624 e. The van der Waals surface area contributed by atoms with E-state index in [1.54, 1.807) is 0 Å². The molecule has 0 N–H and O–H groups in total. The number of hydrogen-bond donors (Lipinski definition) is 0. The molecule has 1 aromatic carbocycles. The van der Waals surface area contributed by atoms with Gasteiger partial charge in [0.15, 0.2) is 0 Å². The normalized spacial score (nSPS) is 12.1. The van der Waals surface area contributed by atoms with Gasteiger partial charge in [0.25, 0.3) is 0 Å². The fraction of sp³-hybridized carbons (Fsp3) is 0.588. The molecule has 0 heterocycles. The third-order valence-electron chi connectivity index (χ3n) is 3.60. The Bertz CT molecular complexity index is 401. The average molecular weight is 243 g/mol. The Kier molecular flexibility index (Phi) is 6.50. The van der Waals surface area contributed by atoms with Gasteiger partial charge in [0.1, 0.15) is 0 Å². The molecule has 0 saturated carbocycles. The first-order valence-electron chi connectivity index (χ1n) is 7.10. The number of unbranched alkanes of at least 4 members (excludes halogenated alkanes) is 2. The summed E-state index contributed by atoms with van der Waals surface area (Å²) in [5, 5.41) is 8.93. The summed E-state index contributed by atoms with van der Waals surface area (Å²) in [5.74, 6) is 0.531. The first-order valence-corrected chi connectivity index (χ1v) is 7.10. The Morgan fingerprint density at radius 3 is 2.61 bits per heavy atom. The molecular weight excluding hydrogens is 218 g/mol. The molecule has 0 amide bonds. The minimum Gasteiger partial charge on any atom is -0.198 e. The van der Waals surface area contributed by atoms with Crippen LogP contribution < -0.4 is 0 Å². The molecule has 98 valence electrons. The lowest BCUT2D eigenvalue weighted by molar-refractivity contribution is 0.463. The van der Waals surface area contributed by atoms with Gasteiger partial charge < -0.3 is 0 Å². The van der Waals surface area contributed by atoms with Gasteiger partial charge in [-0.1, -0.05) is 49.9 Å². The van der Waals surface area contributed by atoms with Crippen LogP contribution in [0, 0.1) is 31.1 Å². The molecule has 1 rings (SSSR count). The quantitative estimate of drug-likeness (QED) is 0.621. The number of nitriles is 1. The Labute approximate surface area is 112 Å². The SMILES string of the molecule is CCCCCC(CC#N)Cc1ccc(C)cc1C. The Balaban J connectivity index is 2.61. The van der Waals surface area contributed by atoms with Gasteiger partial charge in [-0.3, -0.25) is 0 Å². The molecule has 0 saturated heterocycles. The van der Waals surface area contributed by atoms with Gasteiger partial charge in [-0.15, -0.1) is 0 Å². The molecule has 0 aromatic heterocycles. The molecule has 0 bridgehead atoms. The van der Waals surface area contributed by atoms with Crippen LogP contribution in [-0.2, 0) is 6.42 Å². The van der Waals surface area contributed by atoms with Crippen molar-refractivity contribution in [2.45, 2.75) is 59.3 Å². The molecule has 0 aliphatic carbocycles. The van der Waals surface area contributed by atoms with E-state index in [4.69, 9.17) is 5.26 Å². The number of nitrogens with zero attached hydrogens (tertiary/aromatic N) is 1. The molecule has 1 heteroatoms. The summed E-state index contributed by atoms with van der Waals surface area (Å²) < 4.78 is 0. The van der Waals surface area contributed by atoms with Crippen LogP contribution in [0.15, 0.2) is 18.2 Å². The molecule has 0 aliphatic heterocycles. The van der Waals surface area contributed by atoms with Gasteiger partial charge in [0.05, 0.1) is 6.07 Å². The first kappa shape index (κ1) is 14.8. The van der Waals surface area contributed by atoms with Crippen molar-refractivity contribution < 1.29 is 0 Å². The number of rotatable bonds is 7. The topological polar surface area (TPSA) is 23.8 Å². The highest BCUT2D eigenvalue weighted by Gasteiger charge is 2.10. The predicted molar refractivity (Wildman–Crippen MR) is 77.5 cm³/mol. The zero-order chi connectivity index (χ0) is 13.4. The Morgan fingerprint density at radius 2 is 2.00 bits per heavy atom. The fourth-order valence-corrected chi connectivity index (χ4v) is 2.47. The van der Waals surface area contributed by atoms with Gasteiger partial charge in [-0.25, -0.2) is 0 Å². The number of aryl methyl sites for hydroxylation is 2. The van der Waals surface area contributed by atoms with Gasteiger partial charge in [-0.2, -0.15) is 5.26 Å². The van der Waals surface area contributed by atoms with Crippen molar-refractivity contribution in [1.82, 2.24) is 0 Å². The maximum Gasteiger partial charge on any atom is 0.0624 e. The second kappa shape index (κ2) is 7.93. The van der Waals surface area contributed by atoms with Crippen molar-refractivity contribution in [2.75, 3.05) is 0 Å². The molecule has 1 atom stereocenters. The average Bonchev–Trinajstić information content (AvgIpc) is 2.33. The van der Waals surface area contributed by atoms with Crippen LogP contribution in [0.2, 0.25) is 0 Å². The van der Waals surface area contributed by atoms with Crippen LogP contribution in [0.25, 0.3) is 0 Å². The highest BCUT2D eigenvalue weighted by atomic mass is 14.3. The zero-order valence-corrected chi connectivity index (χ0v) is 12.0. The van der Waals surface area contributed by atoms with E-state index in [9.17, 15) is 0 Å². The second-order valence-electron chi connectivity index (χ2n) is 5.36. The van der Waals surface area contributed by atoms with Crippen molar-refractivity contribution in [3.8, 4) is 6.07 Å². The predicted octanol–water partition coefficient (Wildman–Crippen LogP) is 4.96.